The van der Waals surface area contributed by atoms with E-state index in [4.69, 9.17) is 9.47 Å². The molecule has 2 unspecified atom stereocenters. The minimum Gasteiger partial charge on any atom is -0.444 e. The average Bonchev–Trinajstić information content (AvgIpc) is 2.21. The topological polar surface area (TPSA) is 76.7 Å². The fourth-order valence-electron chi connectivity index (χ4n) is 1.80. The lowest BCUT2D eigenvalue weighted by Gasteiger charge is -2.26. The van der Waals surface area contributed by atoms with Crippen LogP contribution in [0, 0.1) is 0 Å². The summed E-state index contributed by atoms with van der Waals surface area (Å²) in [7, 11) is 0. The van der Waals surface area contributed by atoms with Gasteiger partial charge in [-0.25, -0.2) is 9.59 Å². The Morgan fingerprint density at radius 3 is 1.68 bits per heavy atom. The van der Waals surface area contributed by atoms with Crippen molar-refractivity contribution in [1.29, 1.82) is 0 Å². The fourth-order valence-corrected chi connectivity index (χ4v) is 1.80. The number of nitrogens with one attached hydrogen (secondary N) is 2. The van der Waals surface area contributed by atoms with Gasteiger partial charge in [-0.2, -0.15) is 0 Å². The van der Waals surface area contributed by atoms with Crippen LogP contribution in [0.4, 0.5) is 9.59 Å². The monoisotopic (exact) mass is 316 g/mol. The van der Waals surface area contributed by atoms with Gasteiger partial charge in [0.1, 0.15) is 11.2 Å². The zero-order chi connectivity index (χ0) is 17.6. The molecule has 2 N–H and O–H groups in total. The Balaban J connectivity index is 4.32. The third-order valence-corrected chi connectivity index (χ3v) is 2.61. The molecule has 130 valence electrons. The van der Waals surface area contributed by atoms with E-state index < -0.39 is 23.4 Å². The van der Waals surface area contributed by atoms with E-state index in [0.29, 0.717) is 6.42 Å². The standard InChI is InChI=1S/C16H32N2O4/c1-9-12(18-14(20)22-16(6,7)8)10-11(2)17-13(19)21-15(3,4)5/h11-12H,9-10H2,1-8H3,(H,17,19)(H,18,20). The van der Waals surface area contributed by atoms with Crippen LogP contribution in [0.25, 0.3) is 0 Å². The molecule has 0 bridgehead atoms. The molecule has 0 aromatic rings. The van der Waals surface area contributed by atoms with Gasteiger partial charge >= 0.3 is 12.2 Å². The maximum absolute atomic E-state index is 11.8. The summed E-state index contributed by atoms with van der Waals surface area (Å²) in [5.41, 5.74) is -1.05. The van der Waals surface area contributed by atoms with Crippen molar-refractivity contribution in [2.45, 2.75) is 91.5 Å². The van der Waals surface area contributed by atoms with Crippen molar-refractivity contribution >= 4 is 12.2 Å². The van der Waals surface area contributed by atoms with Crippen molar-refractivity contribution in [1.82, 2.24) is 10.6 Å². The van der Waals surface area contributed by atoms with Crippen molar-refractivity contribution in [3.63, 3.8) is 0 Å². The van der Waals surface area contributed by atoms with E-state index in [9.17, 15) is 9.59 Å². The molecule has 0 aromatic carbocycles. The number of carbonyl (C=O) groups is 2. The Bertz CT molecular complexity index is 369. The van der Waals surface area contributed by atoms with Crippen LogP contribution in [0.2, 0.25) is 0 Å². The lowest BCUT2D eigenvalue weighted by molar-refractivity contribution is 0.0486. The third-order valence-electron chi connectivity index (χ3n) is 2.61. The first-order valence-electron chi connectivity index (χ1n) is 7.81. The van der Waals surface area contributed by atoms with Crippen LogP contribution in [-0.2, 0) is 9.47 Å². The predicted molar refractivity (Wildman–Crippen MR) is 86.9 cm³/mol. The number of rotatable bonds is 5. The van der Waals surface area contributed by atoms with Gasteiger partial charge in [-0.3, -0.25) is 0 Å². The molecule has 0 spiro atoms. The molecule has 0 fully saturated rings. The van der Waals surface area contributed by atoms with E-state index in [1.165, 1.54) is 0 Å². The molecule has 0 saturated carbocycles. The van der Waals surface area contributed by atoms with Gasteiger partial charge in [-0.15, -0.1) is 0 Å². The molecule has 0 radical (unpaired) electrons. The van der Waals surface area contributed by atoms with Gasteiger partial charge in [-0.05, 0) is 61.3 Å². The lowest BCUT2D eigenvalue weighted by atomic mass is 10.1. The van der Waals surface area contributed by atoms with E-state index in [-0.39, 0.29) is 12.1 Å². The molecule has 0 heterocycles. The second-order valence-corrected chi connectivity index (χ2v) is 7.53. The highest BCUT2D eigenvalue weighted by Gasteiger charge is 2.22. The molecule has 6 heteroatoms. The Labute approximate surface area is 134 Å². The van der Waals surface area contributed by atoms with Crippen LogP contribution in [0.15, 0.2) is 0 Å². The first kappa shape index (κ1) is 20.5. The van der Waals surface area contributed by atoms with E-state index >= 15 is 0 Å². The van der Waals surface area contributed by atoms with Crippen molar-refractivity contribution < 1.29 is 19.1 Å². The lowest BCUT2D eigenvalue weighted by Crippen LogP contribution is -2.44. The summed E-state index contributed by atoms with van der Waals surface area (Å²) in [5.74, 6) is 0. The van der Waals surface area contributed by atoms with Crippen LogP contribution in [-0.4, -0.2) is 35.5 Å². The van der Waals surface area contributed by atoms with Gasteiger partial charge in [0, 0.05) is 12.1 Å². The van der Waals surface area contributed by atoms with Crippen LogP contribution in [0.5, 0.6) is 0 Å². The van der Waals surface area contributed by atoms with Crippen molar-refractivity contribution in [2.75, 3.05) is 0 Å². The van der Waals surface area contributed by atoms with Crippen molar-refractivity contribution in [3.8, 4) is 0 Å². The number of carbonyl (C=O) groups excluding carboxylic acids is 2. The number of amides is 2. The van der Waals surface area contributed by atoms with E-state index in [1.807, 2.05) is 55.4 Å². The molecule has 2 amide bonds. The van der Waals surface area contributed by atoms with Gasteiger partial charge in [0.25, 0.3) is 0 Å². The largest absolute Gasteiger partial charge is 0.444 e. The summed E-state index contributed by atoms with van der Waals surface area (Å²) in [6.45, 7) is 14.8. The zero-order valence-corrected chi connectivity index (χ0v) is 15.2. The van der Waals surface area contributed by atoms with Gasteiger partial charge in [0.05, 0.1) is 0 Å². The first-order valence-corrected chi connectivity index (χ1v) is 7.81. The summed E-state index contributed by atoms with van der Waals surface area (Å²) >= 11 is 0. The van der Waals surface area contributed by atoms with Crippen LogP contribution >= 0.6 is 0 Å². The highest BCUT2D eigenvalue weighted by Crippen LogP contribution is 2.10. The molecule has 2 atom stereocenters. The molecule has 0 aliphatic rings. The smallest absolute Gasteiger partial charge is 0.407 e. The average molecular weight is 316 g/mol. The molecular formula is C16H32N2O4. The second kappa shape index (κ2) is 8.25. The number of hydrogen-bond acceptors (Lipinski definition) is 4. The first-order chi connectivity index (χ1) is 9.82. The van der Waals surface area contributed by atoms with Crippen LogP contribution < -0.4 is 10.6 Å². The third kappa shape index (κ3) is 11.2. The van der Waals surface area contributed by atoms with Gasteiger partial charge in [-0.1, -0.05) is 6.92 Å². The molecule has 0 saturated heterocycles. The summed E-state index contributed by atoms with van der Waals surface area (Å²) in [6.07, 6.45) is 0.463. The van der Waals surface area contributed by atoms with Crippen molar-refractivity contribution in [3.05, 3.63) is 0 Å². The minimum atomic E-state index is -0.525. The van der Waals surface area contributed by atoms with Gasteiger partial charge < -0.3 is 20.1 Å². The van der Waals surface area contributed by atoms with Crippen LogP contribution in [0.3, 0.4) is 0 Å². The second-order valence-electron chi connectivity index (χ2n) is 7.53. The molecule has 6 nitrogen and oxygen atoms in total. The van der Waals surface area contributed by atoms with Gasteiger partial charge in [0.2, 0.25) is 0 Å². The zero-order valence-electron chi connectivity index (χ0n) is 15.2. The maximum atomic E-state index is 11.8. The molecule has 0 rings (SSSR count). The number of hydrogen-bond donors (Lipinski definition) is 2. The summed E-state index contributed by atoms with van der Waals surface area (Å²) < 4.78 is 10.4. The maximum Gasteiger partial charge on any atom is 0.407 e. The number of ether oxygens (including phenoxy) is 2. The Kier molecular flexibility index (Phi) is 7.70. The minimum absolute atomic E-state index is 0.0696. The fraction of sp³-hybridized carbons (Fsp3) is 0.875. The summed E-state index contributed by atoms with van der Waals surface area (Å²) in [6, 6.07) is -0.186. The number of alkyl carbamates (subject to hydrolysis) is 2. The molecular weight excluding hydrogens is 284 g/mol. The van der Waals surface area contributed by atoms with E-state index in [2.05, 4.69) is 10.6 Å². The molecule has 0 aliphatic carbocycles. The summed E-state index contributed by atoms with van der Waals surface area (Å²) in [4.78, 5) is 23.5. The van der Waals surface area contributed by atoms with Crippen molar-refractivity contribution in [2.24, 2.45) is 0 Å². The highest BCUT2D eigenvalue weighted by atomic mass is 16.6. The predicted octanol–water partition coefficient (Wildman–Crippen LogP) is 3.59. The molecule has 22 heavy (non-hydrogen) atoms. The highest BCUT2D eigenvalue weighted by molar-refractivity contribution is 5.68. The van der Waals surface area contributed by atoms with E-state index in [1.54, 1.807) is 0 Å². The Morgan fingerprint density at radius 2 is 1.32 bits per heavy atom. The van der Waals surface area contributed by atoms with Crippen LogP contribution in [0.1, 0.15) is 68.2 Å². The Hall–Kier alpha value is -1.46. The summed E-state index contributed by atoms with van der Waals surface area (Å²) in [5, 5.41) is 5.59. The molecule has 0 aliphatic heterocycles. The van der Waals surface area contributed by atoms with Gasteiger partial charge in [0.15, 0.2) is 0 Å². The Morgan fingerprint density at radius 1 is 0.909 bits per heavy atom. The quantitative estimate of drug-likeness (QED) is 0.812. The molecule has 0 aromatic heterocycles. The SMILES string of the molecule is CCC(CC(C)NC(=O)OC(C)(C)C)NC(=O)OC(C)(C)C. The van der Waals surface area contributed by atoms with E-state index in [0.717, 1.165) is 6.42 Å². The normalized spacial score (nSPS) is 14.7.